The van der Waals surface area contributed by atoms with Gasteiger partial charge in [0, 0.05) is 5.75 Å². The lowest BCUT2D eigenvalue weighted by Crippen LogP contribution is -2.56. The molecule has 0 heterocycles. The van der Waals surface area contributed by atoms with Gasteiger partial charge in [-0.1, -0.05) is 6.42 Å². The second-order valence-electron chi connectivity index (χ2n) is 7.05. The fourth-order valence-electron chi connectivity index (χ4n) is 2.54. The molecule has 0 spiro atoms. The summed E-state index contributed by atoms with van der Waals surface area (Å²) in [4.78, 5) is 48.1. The van der Waals surface area contributed by atoms with Crippen LogP contribution in [0.3, 0.4) is 0 Å². The van der Waals surface area contributed by atoms with E-state index in [9.17, 15) is 24.3 Å². The van der Waals surface area contributed by atoms with Gasteiger partial charge in [-0.15, -0.1) is 0 Å². The molecule has 0 bridgehead atoms. The number of unbranched alkanes of at least 4 members (excludes halogenated alkanes) is 2. The monoisotopic (exact) mass is 448 g/mol. The topological polar surface area (TPSA) is 203 Å². The van der Waals surface area contributed by atoms with Gasteiger partial charge in [-0.2, -0.15) is 12.6 Å². The molecule has 0 rings (SSSR count). The number of carboxylic acids is 1. The van der Waals surface area contributed by atoms with Crippen molar-refractivity contribution < 1.29 is 24.3 Å². The maximum absolute atomic E-state index is 12.4. The lowest BCUT2D eigenvalue weighted by molar-refractivity contribution is -0.142. The number of hydrogen-bond acceptors (Lipinski definition) is 8. The van der Waals surface area contributed by atoms with E-state index in [0.717, 1.165) is 6.42 Å². The molecule has 10 N–H and O–H groups in total. The summed E-state index contributed by atoms with van der Waals surface area (Å²) < 4.78 is 0. The van der Waals surface area contributed by atoms with Crippen LogP contribution >= 0.6 is 12.6 Å². The van der Waals surface area contributed by atoms with E-state index in [1.807, 2.05) is 0 Å². The minimum Gasteiger partial charge on any atom is -0.480 e. The van der Waals surface area contributed by atoms with Crippen LogP contribution in [0.2, 0.25) is 0 Å². The third kappa shape index (κ3) is 11.3. The summed E-state index contributed by atoms with van der Waals surface area (Å²) in [6.07, 6.45) is 3.29. The van der Waals surface area contributed by atoms with Crippen LogP contribution in [0.5, 0.6) is 0 Å². The molecule has 3 amide bonds. The van der Waals surface area contributed by atoms with Gasteiger partial charge in [0.1, 0.15) is 18.1 Å². The van der Waals surface area contributed by atoms with Crippen molar-refractivity contribution in [2.24, 2.45) is 17.2 Å². The van der Waals surface area contributed by atoms with Crippen LogP contribution in [-0.4, -0.2) is 71.8 Å². The number of carbonyl (C=O) groups is 4. The van der Waals surface area contributed by atoms with Gasteiger partial charge in [-0.25, -0.2) is 4.79 Å². The van der Waals surface area contributed by atoms with Crippen LogP contribution < -0.4 is 33.2 Å². The molecule has 11 nitrogen and oxygen atoms in total. The van der Waals surface area contributed by atoms with Crippen LogP contribution in [0.1, 0.15) is 45.4 Å². The highest BCUT2D eigenvalue weighted by molar-refractivity contribution is 7.80. The van der Waals surface area contributed by atoms with Crippen molar-refractivity contribution in [3.05, 3.63) is 0 Å². The first kappa shape index (κ1) is 28.1. The molecule has 30 heavy (non-hydrogen) atoms. The van der Waals surface area contributed by atoms with Crippen molar-refractivity contribution in [3.63, 3.8) is 0 Å². The highest BCUT2D eigenvalue weighted by atomic mass is 32.1. The second kappa shape index (κ2) is 15.9. The van der Waals surface area contributed by atoms with Gasteiger partial charge < -0.3 is 38.3 Å². The fourth-order valence-corrected chi connectivity index (χ4v) is 2.80. The van der Waals surface area contributed by atoms with Crippen LogP contribution in [0.4, 0.5) is 0 Å². The smallest absolute Gasteiger partial charge is 0.326 e. The van der Waals surface area contributed by atoms with Crippen LogP contribution in [0.15, 0.2) is 0 Å². The van der Waals surface area contributed by atoms with Crippen molar-refractivity contribution in [3.8, 4) is 0 Å². The Morgan fingerprint density at radius 3 is 1.87 bits per heavy atom. The second-order valence-corrected chi connectivity index (χ2v) is 7.41. The Labute approximate surface area is 182 Å². The number of hydrogen-bond donors (Lipinski definition) is 8. The summed E-state index contributed by atoms with van der Waals surface area (Å²) >= 11 is 4.07. The van der Waals surface area contributed by atoms with Gasteiger partial charge in [0.05, 0.1) is 6.04 Å². The number of amides is 3. The summed E-state index contributed by atoms with van der Waals surface area (Å²) in [5.41, 5.74) is 16.6. The zero-order valence-corrected chi connectivity index (χ0v) is 18.3. The quantitative estimate of drug-likeness (QED) is 0.0983. The summed E-state index contributed by atoms with van der Waals surface area (Å²) in [5, 5.41) is 16.6. The zero-order chi connectivity index (χ0) is 23.1. The van der Waals surface area contributed by atoms with E-state index in [0.29, 0.717) is 38.8 Å². The maximum atomic E-state index is 12.4. The molecule has 12 heteroatoms. The average molecular weight is 449 g/mol. The number of rotatable bonds is 16. The number of nitrogens with one attached hydrogen (secondary N) is 3. The molecule has 0 saturated carbocycles. The Morgan fingerprint density at radius 1 is 0.833 bits per heavy atom. The third-order valence-electron chi connectivity index (χ3n) is 4.44. The Balaban J connectivity index is 4.68. The fraction of sp³-hybridized carbons (Fsp3) is 0.778. The first-order valence-corrected chi connectivity index (χ1v) is 10.7. The van der Waals surface area contributed by atoms with Crippen molar-refractivity contribution >= 4 is 36.3 Å². The summed E-state index contributed by atoms with van der Waals surface area (Å²) in [6, 6.07) is -3.85. The molecule has 0 aliphatic heterocycles. The minimum atomic E-state index is -1.16. The molecular weight excluding hydrogens is 412 g/mol. The lowest BCUT2D eigenvalue weighted by Gasteiger charge is -2.22. The Bertz CT molecular complexity index is 565. The van der Waals surface area contributed by atoms with Crippen molar-refractivity contribution in [1.82, 2.24) is 16.0 Å². The molecule has 0 fully saturated rings. The van der Waals surface area contributed by atoms with Gasteiger partial charge >= 0.3 is 5.97 Å². The van der Waals surface area contributed by atoms with E-state index in [-0.39, 0.29) is 12.2 Å². The van der Waals surface area contributed by atoms with Crippen LogP contribution in [0.25, 0.3) is 0 Å². The predicted molar refractivity (Wildman–Crippen MR) is 117 cm³/mol. The molecule has 4 unspecified atom stereocenters. The molecule has 0 saturated heterocycles. The van der Waals surface area contributed by atoms with E-state index in [1.54, 1.807) is 0 Å². The van der Waals surface area contributed by atoms with E-state index < -0.39 is 47.9 Å². The highest BCUT2D eigenvalue weighted by Crippen LogP contribution is 2.02. The lowest BCUT2D eigenvalue weighted by atomic mass is 10.1. The van der Waals surface area contributed by atoms with Gasteiger partial charge in [0.2, 0.25) is 17.7 Å². The number of carboxylic acid groups (broad SMARTS) is 1. The minimum absolute atomic E-state index is 0.00171. The zero-order valence-electron chi connectivity index (χ0n) is 17.4. The highest BCUT2D eigenvalue weighted by Gasteiger charge is 2.27. The third-order valence-corrected chi connectivity index (χ3v) is 4.80. The van der Waals surface area contributed by atoms with Crippen molar-refractivity contribution in [1.29, 1.82) is 0 Å². The summed E-state index contributed by atoms with van der Waals surface area (Å²) in [5.74, 6) is -2.93. The van der Waals surface area contributed by atoms with E-state index in [4.69, 9.17) is 17.2 Å². The largest absolute Gasteiger partial charge is 0.480 e. The average Bonchev–Trinajstić information content (AvgIpc) is 2.70. The number of thiol groups is 1. The maximum Gasteiger partial charge on any atom is 0.326 e. The summed E-state index contributed by atoms with van der Waals surface area (Å²) in [6.45, 7) is 2.36. The van der Waals surface area contributed by atoms with Crippen molar-refractivity contribution in [2.75, 3.05) is 18.8 Å². The van der Waals surface area contributed by atoms with Gasteiger partial charge in [0.15, 0.2) is 0 Å². The van der Waals surface area contributed by atoms with E-state index in [2.05, 4.69) is 28.6 Å². The Morgan fingerprint density at radius 2 is 1.37 bits per heavy atom. The molecule has 0 radical (unpaired) electrons. The molecule has 4 atom stereocenters. The van der Waals surface area contributed by atoms with Gasteiger partial charge in [-0.05, 0) is 52.1 Å². The molecule has 0 aliphatic rings. The Hall–Kier alpha value is -1.89. The van der Waals surface area contributed by atoms with Crippen LogP contribution in [0, 0.1) is 0 Å². The Kier molecular flexibility index (Phi) is 14.9. The molecular formula is C18H36N6O5S. The number of aliphatic carboxylic acids is 1. The molecule has 0 aliphatic carbocycles. The summed E-state index contributed by atoms with van der Waals surface area (Å²) in [7, 11) is 0. The molecule has 0 aromatic rings. The first-order valence-electron chi connectivity index (χ1n) is 10.1. The normalized spacial score (nSPS) is 14.8. The number of carbonyl (C=O) groups excluding carboxylic acids is 3. The molecule has 0 aromatic carbocycles. The van der Waals surface area contributed by atoms with Gasteiger partial charge in [-0.3, -0.25) is 14.4 Å². The molecule has 174 valence electrons. The predicted octanol–water partition coefficient (Wildman–Crippen LogP) is -1.94. The first-order chi connectivity index (χ1) is 14.2. The van der Waals surface area contributed by atoms with Crippen molar-refractivity contribution in [2.45, 2.75) is 69.6 Å². The van der Waals surface area contributed by atoms with E-state index >= 15 is 0 Å². The standard InChI is InChI=1S/C18H36N6O5S/c1-11(15(25)23-13(18(28)29)7-3-5-9-20)22-17(27)14(10-30)24-16(26)12(21)6-2-4-8-19/h11-14,30H,2-10,19-21H2,1H3,(H,22,27)(H,23,25)(H,24,26)(H,28,29). The van der Waals surface area contributed by atoms with Crippen LogP contribution in [-0.2, 0) is 19.2 Å². The molecule has 0 aromatic heterocycles. The van der Waals surface area contributed by atoms with Gasteiger partial charge in [0.25, 0.3) is 0 Å². The number of nitrogens with two attached hydrogens (primary N) is 3. The van der Waals surface area contributed by atoms with E-state index in [1.165, 1.54) is 6.92 Å². The SMILES string of the molecule is CC(NC(=O)C(CS)NC(=O)C(N)CCCCN)C(=O)NC(CCCCN)C(=O)O.